The van der Waals surface area contributed by atoms with Crippen molar-refractivity contribution in [1.82, 2.24) is 0 Å². The Labute approximate surface area is 121 Å². The molecule has 102 valence electrons. The van der Waals surface area contributed by atoms with E-state index in [-0.39, 0.29) is 18.1 Å². The van der Waals surface area contributed by atoms with Crippen LogP contribution < -0.4 is 4.74 Å². The van der Waals surface area contributed by atoms with Gasteiger partial charge in [0.05, 0.1) is 5.88 Å². The normalized spacial score (nSPS) is 9.75. The largest absolute Gasteiger partial charge is 0.489 e. The van der Waals surface area contributed by atoms with Crippen LogP contribution in [0.25, 0.3) is 0 Å². The van der Waals surface area contributed by atoms with E-state index in [0.29, 0.717) is 5.75 Å². The zero-order valence-electron chi connectivity index (χ0n) is 10.5. The van der Waals surface area contributed by atoms with Gasteiger partial charge in [0.15, 0.2) is 11.6 Å². The zero-order chi connectivity index (χ0) is 14.4. The Balaban J connectivity index is 2.09. The number of benzene rings is 2. The van der Waals surface area contributed by atoms with Gasteiger partial charge in [0, 0.05) is 11.1 Å². The summed E-state index contributed by atoms with van der Waals surface area (Å²) in [4.78, 5) is 0. The maximum Gasteiger partial charge on any atom is 0.165 e. The topological polar surface area (TPSA) is 9.23 Å². The van der Waals surface area contributed by atoms with E-state index in [4.69, 9.17) is 16.3 Å². The maximum absolute atomic E-state index is 13.5. The van der Waals surface area contributed by atoms with Gasteiger partial charge in [-0.15, -0.1) is 11.6 Å². The lowest BCUT2D eigenvalue weighted by atomic mass is 10.2. The monoisotopic (exact) mass is 292 g/mol. The Morgan fingerprint density at radius 1 is 1.10 bits per heavy atom. The van der Waals surface area contributed by atoms with Crippen molar-refractivity contribution >= 4 is 11.6 Å². The Hall–Kier alpha value is -2.05. The van der Waals surface area contributed by atoms with Crippen LogP contribution in [0.4, 0.5) is 8.78 Å². The lowest BCUT2D eigenvalue weighted by Gasteiger charge is -2.07. The van der Waals surface area contributed by atoms with Crippen LogP contribution in [-0.2, 0) is 6.61 Å². The van der Waals surface area contributed by atoms with Crippen molar-refractivity contribution in [2.75, 3.05) is 5.88 Å². The van der Waals surface area contributed by atoms with E-state index in [1.807, 2.05) is 6.07 Å². The summed E-state index contributed by atoms with van der Waals surface area (Å²) in [6, 6.07) is 11.0. The molecule has 0 bridgehead atoms. The molecule has 0 saturated heterocycles. The summed E-state index contributed by atoms with van der Waals surface area (Å²) in [6.45, 7) is -0.0457. The maximum atomic E-state index is 13.5. The van der Waals surface area contributed by atoms with Gasteiger partial charge in [-0.05, 0) is 24.3 Å². The van der Waals surface area contributed by atoms with Gasteiger partial charge in [-0.25, -0.2) is 8.78 Å². The van der Waals surface area contributed by atoms with E-state index in [2.05, 4.69) is 11.8 Å². The second kappa shape index (κ2) is 6.93. The van der Waals surface area contributed by atoms with E-state index >= 15 is 0 Å². The molecule has 2 rings (SSSR count). The smallest absolute Gasteiger partial charge is 0.165 e. The molecule has 4 heteroatoms. The van der Waals surface area contributed by atoms with Crippen molar-refractivity contribution in [2.45, 2.75) is 6.61 Å². The minimum atomic E-state index is -0.884. The predicted octanol–water partition coefficient (Wildman–Crippen LogP) is 4.13. The van der Waals surface area contributed by atoms with Gasteiger partial charge in [0.25, 0.3) is 0 Å². The molecule has 0 aliphatic carbocycles. The van der Waals surface area contributed by atoms with Gasteiger partial charge in [-0.3, -0.25) is 0 Å². The molecule has 0 fully saturated rings. The minimum absolute atomic E-state index is 0.0457. The number of ether oxygens (including phenoxy) is 1. The predicted molar refractivity (Wildman–Crippen MR) is 74.7 cm³/mol. The molecule has 0 radical (unpaired) electrons. The number of hydrogen-bond acceptors (Lipinski definition) is 1. The molecule has 20 heavy (non-hydrogen) atoms. The Bertz CT molecular complexity index is 659. The third-order valence-electron chi connectivity index (χ3n) is 2.56. The fourth-order valence-electron chi connectivity index (χ4n) is 1.62. The van der Waals surface area contributed by atoms with Gasteiger partial charge >= 0.3 is 0 Å². The van der Waals surface area contributed by atoms with Crippen molar-refractivity contribution in [3.8, 4) is 17.6 Å². The summed E-state index contributed by atoms with van der Waals surface area (Å²) in [6.07, 6.45) is 0. The van der Waals surface area contributed by atoms with E-state index in [1.165, 1.54) is 12.1 Å². The van der Waals surface area contributed by atoms with Crippen LogP contribution in [0.15, 0.2) is 42.5 Å². The first-order valence-electron chi connectivity index (χ1n) is 5.91. The summed E-state index contributed by atoms with van der Waals surface area (Å²) >= 11 is 5.48. The summed E-state index contributed by atoms with van der Waals surface area (Å²) < 4.78 is 31.9. The Morgan fingerprint density at radius 2 is 1.90 bits per heavy atom. The van der Waals surface area contributed by atoms with E-state index in [9.17, 15) is 8.78 Å². The molecule has 1 nitrogen and oxygen atoms in total. The molecule has 0 unspecified atom stereocenters. The number of alkyl halides is 1. The van der Waals surface area contributed by atoms with E-state index in [1.54, 1.807) is 18.2 Å². The van der Waals surface area contributed by atoms with Crippen LogP contribution in [0, 0.1) is 23.5 Å². The highest BCUT2D eigenvalue weighted by molar-refractivity contribution is 6.19. The molecule has 0 aliphatic heterocycles. The lowest BCUT2D eigenvalue weighted by molar-refractivity contribution is 0.297. The Kier molecular flexibility index (Phi) is 4.97. The van der Waals surface area contributed by atoms with Crippen LogP contribution >= 0.6 is 11.6 Å². The fraction of sp³-hybridized carbons (Fsp3) is 0.125. The highest BCUT2D eigenvalue weighted by Crippen LogP contribution is 2.17. The van der Waals surface area contributed by atoms with Crippen LogP contribution in [0.1, 0.15) is 11.1 Å². The molecule has 0 aliphatic rings. The van der Waals surface area contributed by atoms with Gasteiger partial charge < -0.3 is 4.74 Å². The first-order chi connectivity index (χ1) is 9.70. The van der Waals surface area contributed by atoms with Crippen LogP contribution in [-0.4, -0.2) is 5.88 Å². The van der Waals surface area contributed by atoms with Crippen molar-refractivity contribution < 1.29 is 13.5 Å². The summed E-state index contributed by atoms with van der Waals surface area (Å²) in [5.41, 5.74) is 0.921. The fourth-order valence-corrected chi connectivity index (χ4v) is 1.69. The average Bonchev–Trinajstić information content (AvgIpc) is 2.47. The van der Waals surface area contributed by atoms with Gasteiger partial charge in [0.2, 0.25) is 0 Å². The first-order valence-corrected chi connectivity index (χ1v) is 6.45. The Morgan fingerprint density at radius 3 is 2.70 bits per heavy atom. The zero-order valence-corrected chi connectivity index (χ0v) is 11.3. The molecule has 0 amide bonds. The highest BCUT2D eigenvalue weighted by Gasteiger charge is 2.07. The van der Waals surface area contributed by atoms with Gasteiger partial charge in [-0.2, -0.15) is 0 Å². The molecular weight excluding hydrogens is 282 g/mol. The molecule has 0 saturated carbocycles. The molecule has 0 heterocycles. The molecular formula is C16H11ClF2O. The van der Waals surface area contributed by atoms with Crippen molar-refractivity contribution in [2.24, 2.45) is 0 Å². The average molecular weight is 293 g/mol. The van der Waals surface area contributed by atoms with Gasteiger partial charge in [-0.1, -0.05) is 30.0 Å². The molecule has 0 N–H and O–H groups in total. The van der Waals surface area contributed by atoms with E-state index in [0.717, 1.165) is 11.6 Å². The molecule has 0 aromatic heterocycles. The first kappa shape index (κ1) is 14.4. The minimum Gasteiger partial charge on any atom is -0.489 e. The number of halogens is 3. The SMILES string of the molecule is Fc1cccc(COc2cccc(C#CCCl)c2)c1F. The number of hydrogen-bond donors (Lipinski definition) is 0. The second-order valence-electron chi connectivity index (χ2n) is 3.96. The number of rotatable bonds is 3. The van der Waals surface area contributed by atoms with Crippen LogP contribution in [0.2, 0.25) is 0 Å². The second-order valence-corrected chi connectivity index (χ2v) is 4.23. The summed E-state index contributed by atoms with van der Waals surface area (Å²) in [7, 11) is 0. The standard InChI is InChI=1S/C16H11ClF2O/c17-9-3-5-12-4-1-7-14(10-12)20-11-13-6-2-8-15(18)16(13)19/h1-2,4,6-8,10H,9,11H2. The summed E-state index contributed by atoms with van der Waals surface area (Å²) in [5.74, 6) is 4.61. The van der Waals surface area contributed by atoms with Crippen molar-refractivity contribution in [1.29, 1.82) is 0 Å². The highest BCUT2D eigenvalue weighted by atomic mass is 35.5. The molecule has 2 aromatic carbocycles. The third kappa shape index (κ3) is 3.72. The third-order valence-corrected chi connectivity index (χ3v) is 2.69. The van der Waals surface area contributed by atoms with Crippen molar-refractivity contribution in [3.05, 3.63) is 65.2 Å². The van der Waals surface area contributed by atoms with Crippen LogP contribution in [0.3, 0.4) is 0 Å². The van der Waals surface area contributed by atoms with E-state index < -0.39 is 11.6 Å². The van der Waals surface area contributed by atoms with Crippen LogP contribution in [0.5, 0.6) is 5.75 Å². The molecule has 0 atom stereocenters. The molecule has 2 aromatic rings. The molecule has 0 spiro atoms. The van der Waals surface area contributed by atoms with Crippen molar-refractivity contribution in [3.63, 3.8) is 0 Å². The summed E-state index contributed by atoms with van der Waals surface area (Å²) in [5, 5.41) is 0. The lowest BCUT2D eigenvalue weighted by Crippen LogP contribution is -2.00. The van der Waals surface area contributed by atoms with Gasteiger partial charge in [0.1, 0.15) is 12.4 Å². The quantitative estimate of drug-likeness (QED) is 0.610.